The van der Waals surface area contributed by atoms with E-state index in [0.717, 1.165) is 6.42 Å². The summed E-state index contributed by atoms with van der Waals surface area (Å²) in [5.41, 5.74) is 7.68. The number of benzene rings is 4. The standard InChI is InChI=1S/C28H25N/c1-20(2)17-21-9-8-10-22(18-21)23-15-16-28-26(19-23)25-13-6-7-14-27(25)29(28)24-11-4-3-5-12-24/h3-16,18-20H,17H2,1-2H3. The van der Waals surface area contributed by atoms with Gasteiger partial charge in [0, 0.05) is 16.5 Å². The van der Waals surface area contributed by atoms with Crippen LogP contribution in [0.1, 0.15) is 19.4 Å². The van der Waals surface area contributed by atoms with Gasteiger partial charge >= 0.3 is 0 Å². The Morgan fingerprint density at radius 1 is 0.621 bits per heavy atom. The topological polar surface area (TPSA) is 4.93 Å². The summed E-state index contributed by atoms with van der Waals surface area (Å²) in [6.07, 6.45) is 1.11. The fraction of sp³-hybridized carbons (Fsp3) is 0.143. The molecule has 5 rings (SSSR count). The van der Waals surface area contributed by atoms with Crippen LogP contribution in [-0.4, -0.2) is 4.57 Å². The number of nitrogens with zero attached hydrogens (tertiary/aromatic N) is 1. The lowest BCUT2D eigenvalue weighted by Gasteiger charge is -2.09. The minimum Gasteiger partial charge on any atom is -0.309 e. The highest BCUT2D eigenvalue weighted by atomic mass is 15.0. The molecule has 0 amide bonds. The Kier molecular flexibility index (Phi) is 4.44. The van der Waals surface area contributed by atoms with Crippen LogP contribution in [-0.2, 0) is 6.42 Å². The van der Waals surface area contributed by atoms with Crippen LogP contribution in [0.2, 0.25) is 0 Å². The highest BCUT2D eigenvalue weighted by Crippen LogP contribution is 2.35. The number of rotatable bonds is 4. The fourth-order valence-electron chi connectivity index (χ4n) is 4.36. The van der Waals surface area contributed by atoms with Gasteiger partial charge in [-0.15, -0.1) is 0 Å². The summed E-state index contributed by atoms with van der Waals surface area (Å²) in [6.45, 7) is 4.55. The quantitative estimate of drug-likeness (QED) is 0.304. The third kappa shape index (κ3) is 3.23. The molecule has 0 N–H and O–H groups in total. The molecule has 1 nitrogen and oxygen atoms in total. The molecule has 4 aromatic carbocycles. The molecule has 0 spiro atoms. The van der Waals surface area contributed by atoms with Crippen LogP contribution >= 0.6 is 0 Å². The first-order chi connectivity index (χ1) is 14.2. The van der Waals surface area contributed by atoms with E-state index in [2.05, 4.69) is 115 Å². The van der Waals surface area contributed by atoms with Crippen molar-refractivity contribution in [2.75, 3.05) is 0 Å². The number of aromatic nitrogens is 1. The molecular formula is C28H25N. The molecule has 0 aliphatic rings. The van der Waals surface area contributed by atoms with E-state index in [-0.39, 0.29) is 0 Å². The molecule has 5 aromatic rings. The maximum absolute atomic E-state index is 2.36. The molecular weight excluding hydrogens is 350 g/mol. The molecule has 29 heavy (non-hydrogen) atoms. The second kappa shape index (κ2) is 7.25. The zero-order valence-electron chi connectivity index (χ0n) is 17.0. The molecule has 0 aliphatic heterocycles. The molecule has 0 aliphatic carbocycles. The van der Waals surface area contributed by atoms with Gasteiger partial charge in [0.2, 0.25) is 0 Å². The Morgan fingerprint density at radius 3 is 2.17 bits per heavy atom. The van der Waals surface area contributed by atoms with Gasteiger partial charge in [0.15, 0.2) is 0 Å². The predicted molar refractivity (Wildman–Crippen MR) is 125 cm³/mol. The van der Waals surface area contributed by atoms with Crippen LogP contribution in [0, 0.1) is 5.92 Å². The Balaban J connectivity index is 1.72. The minimum atomic E-state index is 0.663. The normalized spacial score (nSPS) is 11.6. The van der Waals surface area contributed by atoms with E-state index in [1.807, 2.05) is 0 Å². The Bertz CT molecular complexity index is 1290. The molecule has 1 aromatic heterocycles. The zero-order valence-corrected chi connectivity index (χ0v) is 17.0. The van der Waals surface area contributed by atoms with Gasteiger partial charge < -0.3 is 4.57 Å². The lowest BCUT2D eigenvalue weighted by Crippen LogP contribution is -1.94. The molecule has 142 valence electrons. The smallest absolute Gasteiger partial charge is 0.0541 e. The summed E-state index contributed by atoms with van der Waals surface area (Å²) in [4.78, 5) is 0. The van der Waals surface area contributed by atoms with Crippen molar-refractivity contribution in [3.63, 3.8) is 0 Å². The van der Waals surface area contributed by atoms with Crippen LogP contribution in [0.3, 0.4) is 0 Å². The zero-order chi connectivity index (χ0) is 19.8. The van der Waals surface area contributed by atoms with Crippen molar-refractivity contribution in [3.8, 4) is 16.8 Å². The van der Waals surface area contributed by atoms with Gasteiger partial charge in [0.05, 0.1) is 11.0 Å². The van der Waals surface area contributed by atoms with Gasteiger partial charge in [-0.2, -0.15) is 0 Å². The molecule has 0 atom stereocenters. The van der Waals surface area contributed by atoms with Crippen LogP contribution in [0.5, 0.6) is 0 Å². The number of hydrogen-bond donors (Lipinski definition) is 0. The van der Waals surface area contributed by atoms with Crippen molar-refractivity contribution >= 4 is 21.8 Å². The monoisotopic (exact) mass is 375 g/mol. The number of para-hydroxylation sites is 2. The second-order valence-electron chi connectivity index (χ2n) is 8.22. The highest BCUT2D eigenvalue weighted by molar-refractivity contribution is 6.10. The van der Waals surface area contributed by atoms with E-state index in [9.17, 15) is 0 Å². The maximum atomic E-state index is 2.36. The summed E-state index contributed by atoms with van der Waals surface area (Å²) < 4.78 is 2.36. The van der Waals surface area contributed by atoms with Crippen molar-refractivity contribution in [2.24, 2.45) is 5.92 Å². The first kappa shape index (κ1) is 17.8. The Hall–Kier alpha value is -3.32. The average Bonchev–Trinajstić information content (AvgIpc) is 3.08. The molecule has 0 radical (unpaired) electrons. The molecule has 0 fully saturated rings. The lowest BCUT2D eigenvalue weighted by molar-refractivity contribution is 0.647. The molecule has 0 saturated heterocycles. The fourth-order valence-corrected chi connectivity index (χ4v) is 4.36. The summed E-state index contributed by atoms with van der Waals surface area (Å²) in [5.74, 6) is 0.663. The number of fused-ring (bicyclic) bond motifs is 3. The largest absolute Gasteiger partial charge is 0.309 e. The average molecular weight is 376 g/mol. The van der Waals surface area contributed by atoms with E-state index in [1.165, 1.54) is 44.2 Å². The van der Waals surface area contributed by atoms with Crippen molar-refractivity contribution in [3.05, 3.63) is 103 Å². The first-order valence-electron chi connectivity index (χ1n) is 10.4. The van der Waals surface area contributed by atoms with Gasteiger partial charge in [0.1, 0.15) is 0 Å². The molecule has 0 unspecified atom stereocenters. The minimum absolute atomic E-state index is 0.663. The van der Waals surface area contributed by atoms with E-state index < -0.39 is 0 Å². The third-order valence-electron chi connectivity index (χ3n) is 5.59. The third-order valence-corrected chi connectivity index (χ3v) is 5.59. The van der Waals surface area contributed by atoms with Gasteiger partial charge in [-0.25, -0.2) is 0 Å². The lowest BCUT2D eigenvalue weighted by atomic mass is 9.97. The highest BCUT2D eigenvalue weighted by Gasteiger charge is 2.13. The summed E-state index contributed by atoms with van der Waals surface area (Å²) in [6, 6.07) is 35.2. The van der Waals surface area contributed by atoms with Crippen molar-refractivity contribution in [1.82, 2.24) is 4.57 Å². The predicted octanol–water partition coefficient (Wildman–Crippen LogP) is 7.65. The second-order valence-corrected chi connectivity index (χ2v) is 8.22. The molecule has 0 bridgehead atoms. The van der Waals surface area contributed by atoms with Crippen molar-refractivity contribution in [2.45, 2.75) is 20.3 Å². The van der Waals surface area contributed by atoms with E-state index >= 15 is 0 Å². The van der Waals surface area contributed by atoms with Gasteiger partial charge in [-0.05, 0) is 59.4 Å². The van der Waals surface area contributed by atoms with E-state index in [1.54, 1.807) is 0 Å². The number of hydrogen-bond acceptors (Lipinski definition) is 0. The van der Waals surface area contributed by atoms with Gasteiger partial charge in [-0.1, -0.05) is 80.6 Å². The van der Waals surface area contributed by atoms with E-state index in [0.29, 0.717) is 5.92 Å². The molecule has 1 heterocycles. The summed E-state index contributed by atoms with van der Waals surface area (Å²) >= 11 is 0. The first-order valence-corrected chi connectivity index (χ1v) is 10.4. The van der Waals surface area contributed by atoms with Crippen LogP contribution < -0.4 is 0 Å². The molecule has 1 heteroatoms. The Labute approximate surface area is 172 Å². The maximum Gasteiger partial charge on any atom is 0.0541 e. The van der Waals surface area contributed by atoms with Gasteiger partial charge in [-0.3, -0.25) is 0 Å². The Morgan fingerprint density at radius 2 is 1.34 bits per heavy atom. The van der Waals surface area contributed by atoms with E-state index in [4.69, 9.17) is 0 Å². The summed E-state index contributed by atoms with van der Waals surface area (Å²) in [7, 11) is 0. The van der Waals surface area contributed by atoms with Crippen molar-refractivity contribution in [1.29, 1.82) is 0 Å². The summed E-state index contributed by atoms with van der Waals surface area (Å²) in [5, 5.41) is 2.60. The van der Waals surface area contributed by atoms with Crippen molar-refractivity contribution < 1.29 is 0 Å². The molecule has 0 saturated carbocycles. The van der Waals surface area contributed by atoms with Crippen LogP contribution in [0.15, 0.2) is 97.1 Å². The van der Waals surface area contributed by atoms with Gasteiger partial charge in [0.25, 0.3) is 0 Å². The SMILES string of the molecule is CC(C)Cc1cccc(-c2ccc3c(c2)c2ccccc2n3-c2ccccc2)c1. The van der Waals surface area contributed by atoms with Crippen LogP contribution in [0.4, 0.5) is 0 Å². The van der Waals surface area contributed by atoms with Crippen LogP contribution in [0.25, 0.3) is 38.6 Å².